The lowest BCUT2D eigenvalue weighted by Crippen LogP contribution is -1.82. The van der Waals surface area contributed by atoms with Crippen LogP contribution in [0.5, 0.6) is 0 Å². The fourth-order valence-corrected chi connectivity index (χ4v) is 3.55. The van der Waals surface area contributed by atoms with E-state index in [1.165, 1.54) is 24.1 Å². The zero-order valence-electron chi connectivity index (χ0n) is 7.10. The second-order valence-electron chi connectivity index (χ2n) is 3.00. The van der Waals surface area contributed by atoms with E-state index in [-0.39, 0.29) is 0 Å². The van der Waals surface area contributed by atoms with Crippen LogP contribution in [0.2, 0.25) is 0 Å². The van der Waals surface area contributed by atoms with Crippen LogP contribution in [0.4, 0.5) is 0 Å². The molecule has 68 valence electrons. The number of rotatable bonds is 1. The molecule has 0 nitrogen and oxygen atoms in total. The lowest BCUT2D eigenvalue weighted by molar-refractivity contribution is 1.32. The number of fused-ring (bicyclic) bond motifs is 1. The van der Waals surface area contributed by atoms with E-state index < -0.39 is 0 Å². The molecule has 0 atom stereocenters. The summed E-state index contributed by atoms with van der Waals surface area (Å²) in [7, 11) is 0. The van der Waals surface area contributed by atoms with Crippen LogP contribution < -0.4 is 0 Å². The largest absolute Gasteiger partial charge is 0.129 e. The van der Waals surface area contributed by atoms with Gasteiger partial charge < -0.3 is 0 Å². The molecule has 0 N–H and O–H groups in total. The lowest BCUT2D eigenvalue weighted by atomic mass is 10.1. The van der Waals surface area contributed by atoms with Gasteiger partial charge in [0.15, 0.2) is 0 Å². The molecule has 1 heterocycles. The Morgan fingerprint density at radius 3 is 2.85 bits per heavy atom. The summed E-state index contributed by atoms with van der Waals surface area (Å²) < 4.78 is 2.69. The van der Waals surface area contributed by atoms with E-state index in [4.69, 9.17) is 11.6 Å². The molecule has 0 aliphatic heterocycles. The third kappa shape index (κ3) is 1.85. The molecule has 3 heteroatoms. The van der Waals surface area contributed by atoms with Gasteiger partial charge in [0.25, 0.3) is 0 Å². The number of benzene rings is 1. The van der Waals surface area contributed by atoms with E-state index in [1.54, 1.807) is 0 Å². The van der Waals surface area contributed by atoms with Crippen molar-refractivity contribution < 1.29 is 0 Å². The summed E-state index contributed by atoms with van der Waals surface area (Å²) >= 11 is 10.0. The number of alkyl halides is 1. The highest BCUT2D eigenvalue weighted by Crippen LogP contribution is 2.29. The van der Waals surface area contributed by atoms with Crippen LogP contribution in [0.15, 0.2) is 18.2 Å². The molecule has 1 aromatic heterocycles. The molecular weight excluding hydrogens is 315 g/mol. The van der Waals surface area contributed by atoms with Crippen LogP contribution in [0.25, 0.3) is 10.1 Å². The highest BCUT2D eigenvalue weighted by atomic mass is 127. The van der Waals surface area contributed by atoms with Crippen LogP contribution in [0.3, 0.4) is 0 Å². The van der Waals surface area contributed by atoms with E-state index in [0.29, 0.717) is 5.88 Å². The molecule has 0 saturated carbocycles. The molecule has 0 amide bonds. The molecule has 0 aliphatic rings. The predicted octanol–water partition coefficient (Wildman–Crippen LogP) is 4.55. The predicted molar refractivity (Wildman–Crippen MR) is 68.8 cm³/mol. The maximum Gasteiger partial charge on any atom is 0.0666 e. The Morgan fingerprint density at radius 2 is 2.15 bits per heavy atom. The molecule has 0 spiro atoms. The number of halogens is 2. The monoisotopic (exact) mass is 322 g/mol. The third-order valence-electron chi connectivity index (χ3n) is 2.09. The first-order valence-corrected chi connectivity index (χ1v) is 6.38. The minimum Gasteiger partial charge on any atom is -0.129 e. The molecule has 0 bridgehead atoms. The average molecular weight is 323 g/mol. The van der Waals surface area contributed by atoms with Gasteiger partial charge in [-0.25, -0.2) is 0 Å². The third-order valence-corrected chi connectivity index (χ3v) is 4.24. The summed E-state index contributed by atoms with van der Waals surface area (Å²) in [4.78, 5) is 0. The fraction of sp³-hybridized carbons (Fsp3) is 0.200. The van der Waals surface area contributed by atoms with Crippen molar-refractivity contribution in [3.05, 3.63) is 32.2 Å². The maximum atomic E-state index is 5.84. The van der Waals surface area contributed by atoms with Gasteiger partial charge in [0, 0.05) is 10.6 Å². The van der Waals surface area contributed by atoms with Gasteiger partial charge >= 0.3 is 0 Å². The quantitative estimate of drug-likeness (QED) is 0.533. The Balaban J connectivity index is 2.72. The molecule has 0 unspecified atom stereocenters. The minimum atomic E-state index is 0.605. The summed E-state index contributed by atoms with van der Waals surface area (Å²) in [6, 6.07) is 6.62. The van der Waals surface area contributed by atoms with Crippen LogP contribution in [0, 0.1) is 9.81 Å². The summed E-state index contributed by atoms with van der Waals surface area (Å²) in [6.07, 6.45) is 0. The zero-order chi connectivity index (χ0) is 9.42. The van der Waals surface area contributed by atoms with Gasteiger partial charge in [0.1, 0.15) is 0 Å². The number of hydrogen-bond acceptors (Lipinski definition) is 1. The van der Waals surface area contributed by atoms with Gasteiger partial charge in [-0.2, -0.15) is 0 Å². The Kier molecular flexibility index (Phi) is 2.81. The summed E-state index contributed by atoms with van der Waals surface area (Å²) in [5.74, 6) is 0.605. The van der Waals surface area contributed by atoms with Crippen molar-refractivity contribution in [2.24, 2.45) is 0 Å². The van der Waals surface area contributed by atoms with E-state index in [1.807, 2.05) is 11.3 Å². The summed E-state index contributed by atoms with van der Waals surface area (Å²) in [5, 5.41) is 1.32. The minimum absolute atomic E-state index is 0.605. The van der Waals surface area contributed by atoms with Gasteiger partial charge in [-0.15, -0.1) is 22.9 Å². The molecule has 13 heavy (non-hydrogen) atoms. The molecule has 1 aromatic carbocycles. The van der Waals surface area contributed by atoms with Crippen LogP contribution >= 0.6 is 45.5 Å². The van der Waals surface area contributed by atoms with E-state index in [0.717, 1.165) is 0 Å². The van der Waals surface area contributed by atoms with Crippen LogP contribution in [-0.4, -0.2) is 0 Å². The fourth-order valence-electron chi connectivity index (χ4n) is 1.35. The number of thiophene rings is 1. The highest BCUT2D eigenvalue weighted by Gasteiger charge is 2.03. The molecular formula is C10H8ClIS. The van der Waals surface area contributed by atoms with Crippen molar-refractivity contribution in [3.63, 3.8) is 0 Å². The number of hydrogen-bond donors (Lipinski definition) is 0. The average Bonchev–Trinajstić information content (AvgIpc) is 2.42. The highest BCUT2D eigenvalue weighted by molar-refractivity contribution is 14.1. The Bertz CT molecular complexity index is 447. The smallest absolute Gasteiger partial charge is 0.0666 e. The van der Waals surface area contributed by atoms with E-state index in [9.17, 15) is 0 Å². The molecule has 2 rings (SSSR count). The Hall–Kier alpha value is 0.200. The van der Waals surface area contributed by atoms with Crippen LogP contribution in [0.1, 0.15) is 11.1 Å². The van der Waals surface area contributed by atoms with Crippen LogP contribution in [-0.2, 0) is 5.88 Å². The summed E-state index contributed by atoms with van der Waals surface area (Å²) in [5.41, 5.74) is 2.53. The van der Waals surface area contributed by atoms with Gasteiger partial charge in [0.2, 0.25) is 0 Å². The van der Waals surface area contributed by atoms with Crippen molar-refractivity contribution in [2.75, 3.05) is 0 Å². The van der Waals surface area contributed by atoms with Crippen molar-refractivity contribution in [1.29, 1.82) is 0 Å². The standard InChI is InChI=1S/C10H8ClIS/c1-6-2-9-7(3-8(6)5-11)4-10(12)13-9/h2-4H,5H2,1H3. The molecule has 0 fully saturated rings. The van der Waals surface area contributed by atoms with Crippen molar-refractivity contribution in [3.8, 4) is 0 Å². The SMILES string of the molecule is Cc1cc2sc(I)cc2cc1CCl. The first-order valence-electron chi connectivity index (χ1n) is 3.95. The van der Waals surface area contributed by atoms with E-state index in [2.05, 4.69) is 47.7 Å². The molecule has 2 aromatic rings. The molecule has 0 aliphatic carbocycles. The summed E-state index contributed by atoms with van der Waals surface area (Å²) in [6.45, 7) is 2.11. The van der Waals surface area contributed by atoms with Gasteiger partial charge in [-0.3, -0.25) is 0 Å². The first-order chi connectivity index (χ1) is 6.20. The Morgan fingerprint density at radius 1 is 1.38 bits per heavy atom. The second-order valence-corrected chi connectivity index (χ2v) is 6.25. The van der Waals surface area contributed by atoms with Crippen molar-refractivity contribution in [1.82, 2.24) is 0 Å². The normalized spacial score (nSPS) is 11.0. The Labute approximate surface area is 100 Å². The number of aryl methyl sites for hydroxylation is 1. The topological polar surface area (TPSA) is 0 Å². The van der Waals surface area contributed by atoms with Gasteiger partial charge in [-0.05, 0) is 64.2 Å². The molecule has 0 saturated heterocycles. The maximum absolute atomic E-state index is 5.84. The molecule has 0 radical (unpaired) electrons. The second kappa shape index (κ2) is 3.75. The first kappa shape index (κ1) is 9.74. The van der Waals surface area contributed by atoms with Crippen molar-refractivity contribution in [2.45, 2.75) is 12.8 Å². The zero-order valence-corrected chi connectivity index (χ0v) is 10.8. The van der Waals surface area contributed by atoms with Crippen molar-refractivity contribution >= 4 is 55.6 Å². The van der Waals surface area contributed by atoms with E-state index >= 15 is 0 Å². The lowest BCUT2D eigenvalue weighted by Gasteiger charge is -2.00. The van der Waals surface area contributed by atoms with Gasteiger partial charge in [0.05, 0.1) is 2.88 Å². The van der Waals surface area contributed by atoms with Gasteiger partial charge in [-0.1, -0.05) is 0 Å².